The fraction of sp³-hybridized carbons (Fsp3) is 0.600. The number of hydrazine groups is 1. The summed E-state index contributed by atoms with van der Waals surface area (Å²) < 4.78 is 10.4. The van der Waals surface area contributed by atoms with Crippen molar-refractivity contribution in [2.45, 2.75) is 0 Å². The summed E-state index contributed by atoms with van der Waals surface area (Å²) in [5.41, 5.74) is 3.08. The summed E-state index contributed by atoms with van der Waals surface area (Å²) in [6.45, 7) is 4.05. The molecule has 1 heterocycles. The Kier molecular flexibility index (Phi) is 5.84. The quantitative estimate of drug-likeness (QED) is 0.458. The number of hydrogen-bond acceptors (Lipinski definition) is 4. The molecule has 1 rings (SSSR count). The van der Waals surface area contributed by atoms with Gasteiger partial charge < -0.3 is 14.9 Å². The second-order valence-corrected chi connectivity index (χ2v) is 2.85. The molecule has 0 aromatic heterocycles. The third-order valence-corrected chi connectivity index (χ3v) is 1.76. The monoisotopic (exact) mass is 196 g/mol. The van der Waals surface area contributed by atoms with E-state index in [9.17, 15) is 0 Å². The van der Waals surface area contributed by atoms with Gasteiger partial charge >= 0.3 is 0 Å². The molecule has 0 saturated carbocycles. The topological polar surface area (TPSA) is 33.7 Å². The first-order valence-corrected chi connectivity index (χ1v) is 4.68. The average molecular weight is 196 g/mol. The zero-order valence-electron chi connectivity index (χ0n) is 8.24. The smallest absolute Gasteiger partial charge is 0.107 e. The number of nitrogens with one attached hydrogen (secondary N) is 1. The molecular weight excluding hydrogens is 180 g/mol. The molecule has 1 N–H and O–H groups in total. The van der Waals surface area contributed by atoms with Crippen molar-refractivity contribution >= 4 is 0 Å². The first kappa shape index (κ1) is 11.1. The fourth-order valence-electron chi connectivity index (χ4n) is 1.07. The lowest BCUT2D eigenvalue weighted by Gasteiger charge is -2.15. The van der Waals surface area contributed by atoms with Gasteiger partial charge in [0.1, 0.15) is 6.61 Å². The minimum absolute atomic E-state index is 0.362. The lowest BCUT2D eigenvalue weighted by molar-refractivity contribution is 0.0472. The van der Waals surface area contributed by atoms with E-state index in [0.29, 0.717) is 26.4 Å². The van der Waals surface area contributed by atoms with Crippen LogP contribution in [-0.4, -0.2) is 44.5 Å². The van der Waals surface area contributed by atoms with E-state index in [1.807, 2.05) is 6.20 Å². The van der Waals surface area contributed by atoms with Crippen molar-refractivity contribution in [1.82, 2.24) is 10.4 Å². The van der Waals surface area contributed by atoms with Crippen LogP contribution in [0.4, 0.5) is 0 Å². The molecular formula is C10H16N2O2. The largest absolute Gasteiger partial charge is 0.378 e. The number of hydrogen-bond donors (Lipinski definition) is 1. The maximum absolute atomic E-state index is 5.34. The minimum Gasteiger partial charge on any atom is -0.378 e. The molecule has 4 nitrogen and oxygen atoms in total. The second kappa shape index (κ2) is 7.39. The lowest BCUT2D eigenvalue weighted by atomic mass is 10.6. The third-order valence-electron chi connectivity index (χ3n) is 1.76. The molecule has 78 valence electrons. The van der Waals surface area contributed by atoms with Gasteiger partial charge in [0.2, 0.25) is 0 Å². The van der Waals surface area contributed by atoms with Crippen molar-refractivity contribution in [2.24, 2.45) is 0 Å². The minimum atomic E-state index is 0.362. The number of ether oxygens (including phenoxy) is 2. The molecule has 0 saturated heterocycles. The van der Waals surface area contributed by atoms with Crippen LogP contribution in [0.2, 0.25) is 0 Å². The summed E-state index contributed by atoms with van der Waals surface area (Å²) in [7, 11) is 0. The molecule has 0 amide bonds. The highest BCUT2D eigenvalue weighted by Gasteiger charge is 2.03. The summed E-state index contributed by atoms with van der Waals surface area (Å²) >= 11 is 0. The Hall–Kier alpha value is -1.02. The van der Waals surface area contributed by atoms with E-state index in [0.717, 1.165) is 13.1 Å². The van der Waals surface area contributed by atoms with Gasteiger partial charge in [-0.05, 0) is 0 Å². The van der Waals surface area contributed by atoms with E-state index in [1.54, 1.807) is 0 Å². The Morgan fingerprint density at radius 1 is 1.36 bits per heavy atom. The predicted molar refractivity (Wildman–Crippen MR) is 54.3 cm³/mol. The SMILES string of the molecule is C#CCOCCOCCN1CC=CN1. The maximum Gasteiger partial charge on any atom is 0.107 e. The van der Waals surface area contributed by atoms with Gasteiger partial charge in [-0.15, -0.1) is 6.42 Å². The molecule has 0 spiro atoms. The van der Waals surface area contributed by atoms with Crippen LogP contribution in [0.15, 0.2) is 12.3 Å². The van der Waals surface area contributed by atoms with E-state index >= 15 is 0 Å². The van der Waals surface area contributed by atoms with Crippen LogP contribution in [-0.2, 0) is 9.47 Å². The zero-order chi connectivity index (χ0) is 10.1. The highest BCUT2D eigenvalue weighted by atomic mass is 16.5. The standard InChI is InChI=1S/C10H16N2O2/c1-2-7-13-9-10-14-8-6-12-5-3-4-11-12/h1,3-4,11H,5-10H2. The van der Waals surface area contributed by atoms with Crippen molar-refractivity contribution in [3.05, 3.63) is 12.3 Å². The molecule has 0 bridgehead atoms. The van der Waals surface area contributed by atoms with Crippen LogP contribution in [0, 0.1) is 12.3 Å². The van der Waals surface area contributed by atoms with Crippen molar-refractivity contribution in [1.29, 1.82) is 0 Å². The summed E-state index contributed by atoms with van der Waals surface area (Å²) in [5, 5.41) is 2.07. The molecule has 1 aliphatic heterocycles. The first-order chi connectivity index (χ1) is 6.93. The maximum atomic E-state index is 5.34. The Morgan fingerprint density at radius 2 is 2.21 bits per heavy atom. The van der Waals surface area contributed by atoms with Crippen LogP contribution in [0.3, 0.4) is 0 Å². The van der Waals surface area contributed by atoms with Gasteiger partial charge in [-0.2, -0.15) is 0 Å². The van der Waals surface area contributed by atoms with Crippen molar-refractivity contribution in [3.8, 4) is 12.3 Å². The van der Waals surface area contributed by atoms with Gasteiger partial charge in [-0.1, -0.05) is 12.0 Å². The van der Waals surface area contributed by atoms with Crippen molar-refractivity contribution in [3.63, 3.8) is 0 Å². The lowest BCUT2D eigenvalue weighted by Crippen LogP contribution is -2.33. The van der Waals surface area contributed by atoms with Crippen LogP contribution in [0.5, 0.6) is 0 Å². The summed E-state index contributed by atoms with van der Waals surface area (Å²) in [6, 6.07) is 0. The van der Waals surface area contributed by atoms with Gasteiger partial charge in [0.05, 0.1) is 19.8 Å². The average Bonchev–Trinajstić information content (AvgIpc) is 2.69. The Labute approximate surface area is 84.8 Å². The molecule has 14 heavy (non-hydrogen) atoms. The molecule has 4 heteroatoms. The normalized spacial score (nSPS) is 15.4. The number of terminal acetylenes is 1. The zero-order valence-corrected chi connectivity index (χ0v) is 8.24. The fourth-order valence-corrected chi connectivity index (χ4v) is 1.07. The first-order valence-electron chi connectivity index (χ1n) is 4.68. The van der Waals surface area contributed by atoms with Gasteiger partial charge in [0, 0.05) is 19.3 Å². The highest BCUT2D eigenvalue weighted by Crippen LogP contribution is 1.91. The highest BCUT2D eigenvalue weighted by molar-refractivity contribution is 4.88. The van der Waals surface area contributed by atoms with Crippen LogP contribution >= 0.6 is 0 Å². The predicted octanol–water partition coefficient (Wildman–Crippen LogP) is -0.0133. The molecule has 0 unspecified atom stereocenters. The Bertz CT molecular complexity index is 203. The Balaban J connectivity index is 1.78. The molecule has 1 aliphatic rings. The number of nitrogens with zero attached hydrogens (tertiary/aromatic N) is 1. The van der Waals surface area contributed by atoms with E-state index in [-0.39, 0.29) is 0 Å². The second-order valence-electron chi connectivity index (χ2n) is 2.85. The molecule has 0 aliphatic carbocycles. The molecule has 0 aromatic carbocycles. The van der Waals surface area contributed by atoms with Crippen LogP contribution in [0.25, 0.3) is 0 Å². The molecule has 0 aromatic rings. The summed E-state index contributed by atoms with van der Waals surface area (Å²) in [5.74, 6) is 2.40. The van der Waals surface area contributed by atoms with Crippen molar-refractivity contribution in [2.75, 3.05) is 39.5 Å². The number of rotatable bonds is 7. The van der Waals surface area contributed by atoms with Gasteiger partial charge in [0.15, 0.2) is 0 Å². The van der Waals surface area contributed by atoms with E-state index in [2.05, 4.69) is 22.4 Å². The van der Waals surface area contributed by atoms with Crippen LogP contribution in [0.1, 0.15) is 0 Å². The van der Waals surface area contributed by atoms with Gasteiger partial charge in [-0.25, -0.2) is 5.01 Å². The summed E-state index contributed by atoms with van der Waals surface area (Å²) in [4.78, 5) is 0. The third kappa shape index (κ3) is 4.87. The van der Waals surface area contributed by atoms with E-state index in [1.165, 1.54) is 0 Å². The van der Waals surface area contributed by atoms with Gasteiger partial charge in [0.25, 0.3) is 0 Å². The van der Waals surface area contributed by atoms with E-state index in [4.69, 9.17) is 15.9 Å². The molecule has 0 atom stereocenters. The van der Waals surface area contributed by atoms with Gasteiger partial charge in [-0.3, -0.25) is 0 Å². The van der Waals surface area contributed by atoms with Crippen LogP contribution < -0.4 is 5.43 Å². The Morgan fingerprint density at radius 3 is 2.93 bits per heavy atom. The van der Waals surface area contributed by atoms with E-state index < -0.39 is 0 Å². The molecule has 0 fully saturated rings. The molecule has 0 radical (unpaired) electrons. The van der Waals surface area contributed by atoms with Crippen molar-refractivity contribution < 1.29 is 9.47 Å². The summed E-state index contributed by atoms with van der Waals surface area (Å²) in [6.07, 6.45) is 9.01.